The Kier molecular flexibility index (Phi) is 9.19. The third-order valence-electron chi connectivity index (χ3n) is 2.75. The summed E-state index contributed by atoms with van der Waals surface area (Å²) in [7, 11) is 3.40. The minimum atomic E-state index is -3.52. The second-order valence-corrected chi connectivity index (χ2v) is 8.27. The molecule has 0 aliphatic carbocycles. The Labute approximate surface area is 121 Å². The topological polar surface area (TPSA) is 61.8 Å². The van der Waals surface area contributed by atoms with Gasteiger partial charge in [0.05, 0.1) is 38.8 Å². The van der Waals surface area contributed by atoms with E-state index in [-0.39, 0.29) is 17.1 Å². The predicted octanol–water partition coefficient (Wildman–Crippen LogP) is 1.90. The van der Waals surface area contributed by atoms with Crippen molar-refractivity contribution in [2.75, 3.05) is 45.9 Å². The summed E-state index contributed by atoms with van der Waals surface area (Å²) in [6, 6.07) is 0. The molecule has 0 bridgehead atoms. The number of rotatable bonds is 10. The molecule has 7 heteroatoms. The fourth-order valence-electron chi connectivity index (χ4n) is 1.38. The van der Waals surface area contributed by atoms with Crippen molar-refractivity contribution in [3.8, 4) is 0 Å². The average molecular weight is 317 g/mol. The molecule has 1 unspecified atom stereocenters. The number of hydrogen-bond donors (Lipinski definition) is 0. The monoisotopic (exact) mass is 316 g/mol. The normalized spacial score (nSPS) is 14.6. The van der Waals surface area contributed by atoms with Crippen molar-refractivity contribution in [2.45, 2.75) is 20.8 Å². The molecule has 0 fully saturated rings. The van der Waals surface area contributed by atoms with Crippen molar-refractivity contribution in [3.05, 3.63) is 0 Å². The van der Waals surface area contributed by atoms with Gasteiger partial charge in [0, 0.05) is 23.7 Å². The lowest BCUT2D eigenvalue weighted by Crippen LogP contribution is -2.31. The van der Waals surface area contributed by atoms with Gasteiger partial charge >= 0.3 is 0 Å². The van der Waals surface area contributed by atoms with Gasteiger partial charge in [0.15, 0.2) is 0 Å². The Morgan fingerprint density at radius 2 is 1.58 bits per heavy atom. The minimum absolute atomic E-state index is 0.0808. The molecule has 0 spiro atoms. The lowest BCUT2D eigenvalue weighted by Gasteiger charge is -2.29. The fourth-order valence-corrected chi connectivity index (χ4v) is 2.91. The largest absolute Gasteiger partial charge is 0.382 e. The van der Waals surface area contributed by atoms with Crippen LogP contribution in [0.25, 0.3) is 0 Å². The highest BCUT2D eigenvalue weighted by Crippen LogP contribution is 2.28. The van der Waals surface area contributed by atoms with Crippen LogP contribution >= 0.6 is 10.7 Å². The summed E-state index contributed by atoms with van der Waals surface area (Å²) < 4.78 is 37.9. The molecule has 0 saturated heterocycles. The summed E-state index contributed by atoms with van der Waals surface area (Å²) in [5.74, 6) is -0.225. The molecule has 0 aromatic rings. The number of halogens is 1. The van der Waals surface area contributed by atoms with Crippen molar-refractivity contribution in [1.29, 1.82) is 0 Å². The van der Waals surface area contributed by atoms with Gasteiger partial charge < -0.3 is 14.2 Å². The van der Waals surface area contributed by atoms with Crippen molar-refractivity contribution in [2.24, 2.45) is 11.3 Å². The van der Waals surface area contributed by atoms with Gasteiger partial charge in [-0.05, 0) is 5.41 Å². The van der Waals surface area contributed by atoms with E-state index in [1.54, 1.807) is 7.11 Å². The first-order chi connectivity index (χ1) is 8.67. The number of methoxy groups -OCH3 is 1. The zero-order valence-electron chi connectivity index (χ0n) is 12.1. The average Bonchev–Trinajstić information content (AvgIpc) is 2.23. The SMILES string of the molecule is COCCOCCOCC(CS(=O)(=O)Cl)C(C)(C)C. The maximum Gasteiger partial charge on any atom is 0.232 e. The van der Waals surface area contributed by atoms with Crippen molar-refractivity contribution in [1.82, 2.24) is 0 Å². The second-order valence-electron chi connectivity index (χ2n) is 5.45. The summed E-state index contributed by atoms with van der Waals surface area (Å²) in [5.41, 5.74) is -0.182. The molecular weight excluding hydrogens is 292 g/mol. The van der Waals surface area contributed by atoms with E-state index >= 15 is 0 Å². The maximum atomic E-state index is 11.2. The van der Waals surface area contributed by atoms with Gasteiger partial charge in [-0.15, -0.1) is 0 Å². The number of hydrogen-bond acceptors (Lipinski definition) is 5. The van der Waals surface area contributed by atoms with Crippen LogP contribution in [0, 0.1) is 11.3 Å². The molecule has 5 nitrogen and oxygen atoms in total. The van der Waals surface area contributed by atoms with Crippen molar-refractivity contribution in [3.63, 3.8) is 0 Å². The molecule has 0 aromatic carbocycles. The van der Waals surface area contributed by atoms with Gasteiger partial charge in [-0.1, -0.05) is 20.8 Å². The molecule has 0 saturated carbocycles. The second kappa shape index (κ2) is 9.13. The van der Waals surface area contributed by atoms with Crippen LogP contribution < -0.4 is 0 Å². The maximum absolute atomic E-state index is 11.2. The first-order valence-electron chi connectivity index (χ1n) is 6.23. The molecule has 0 heterocycles. The standard InChI is InChI=1S/C12H25ClO5S/c1-12(2,3)11(10-19(13,14)15)9-18-8-7-17-6-5-16-4/h11H,5-10H2,1-4H3. The Balaban J connectivity index is 3.95. The van der Waals surface area contributed by atoms with E-state index in [2.05, 4.69) is 0 Å². The molecule has 0 radical (unpaired) electrons. The van der Waals surface area contributed by atoms with E-state index in [9.17, 15) is 8.42 Å². The van der Waals surface area contributed by atoms with E-state index in [0.29, 0.717) is 33.0 Å². The van der Waals surface area contributed by atoms with Gasteiger partial charge in [-0.2, -0.15) is 0 Å². The molecule has 0 rings (SSSR count). The minimum Gasteiger partial charge on any atom is -0.382 e. The van der Waals surface area contributed by atoms with E-state index in [1.807, 2.05) is 20.8 Å². The summed E-state index contributed by atoms with van der Waals surface area (Å²) in [5, 5.41) is 0. The van der Waals surface area contributed by atoms with Gasteiger partial charge in [-0.3, -0.25) is 0 Å². The fraction of sp³-hybridized carbons (Fsp3) is 1.00. The van der Waals surface area contributed by atoms with Crippen molar-refractivity contribution < 1.29 is 22.6 Å². The molecule has 116 valence electrons. The molecule has 0 aliphatic heterocycles. The quantitative estimate of drug-likeness (QED) is 0.455. The smallest absolute Gasteiger partial charge is 0.232 e. The third-order valence-corrected chi connectivity index (χ3v) is 3.93. The first-order valence-corrected chi connectivity index (χ1v) is 8.71. The third kappa shape index (κ3) is 11.6. The van der Waals surface area contributed by atoms with E-state index in [4.69, 9.17) is 24.9 Å². The Morgan fingerprint density at radius 1 is 1.05 bits per heavy atom. The summed E-state index contributed by atoms with van der Waals surface area (Å²) >= 11 is 0. The van der Waals surface area contributed by atoms with Crippen LogP contribution in [0.15, 0.2) is 0 Å². The highest BCUT2D eigenvalue weighted by Gasteiger charge is 2.29. The number of ether oxygens (including phenoxy) is 3. The summed E-state index contributed by atoms with van der Waals surface area (Å²) in [6.45, 7) is 8.23. The van der Waals surface area contributed by atoms with Crippen LogP contribution in [0.3, 0.4) is 0 Å². The van der Waals surface area contributed by atoms with Gasteiger partial charge in [0.1, 0.15) is 0 Å². The molecule has 1 atom stereocenters. The van der Waals surface area contributed by atoms with Crippen LogP contribution in [0.2, 0.25) is 0 Å². The van der Waals surface area contributed by atoms with Crippen LogP contribution in [0.4, 0.5) is 0 Å². The van der Waals surface area contributed by atoms with Gasteiger partial charge in [0.2, 0.25) is 9.05 Å². The van der Waals surface area contributed by atoms with Crippen molar-refractivity contribution >= 4 is 19.7 Å². The van der Waals surface area contributed by atoms with E-state index in [1.165, 1.54) is 0 Å². The van der Waals surface area contributed by atoms with E-state index < -0.39 is 9.05 Å². The first kappa shape index (κ1) is 19.1. The summed E-state index contributed by atoms with van der Waals surface area (Å²) in [4.78, 5) is 0. The van der Waals surface area contributed by atoms with Gasteiger partial charge in [-0.25, -0.2) is 8.42 Å². The highest BCUT2D eigenvalue weighted by atomic mass is 35.7. The molecule has 0 aromatic heterocycles. The van der Waals surface area contributed by atoms with Crippen LogP contribution in [-0.4, -0.2) is 54.3 Å². The van der Waals surface area contributed by atoms with Crippen LogP contribution in [-0.2, 0) is 23.3 Å². The summed E-state index contributed by atoms with van der Waals surface area (Å²) in [6.07, 6.45) is 0. The molecule has 0 aliphatic rings. The lowest BCUT2D eigenvalue weighted by atomic mass is 9.82. The molecule has 19 heavy (non-hydrogen) atoms. The van der Waals surface area contributed by atoms with E-state index in [0.717, 1.165) is 0 Å². The zero-order valence-corrected chi connectivity index (χ0v) is 13.7. The zero-order chi connectivity index (χ0) is 14.9. The highest BCUT2D eigenvalue weighted by molar-refractivity contribution is 8.13. The predicted molar refractivity (Wildman–Crippen MR) is 76.1 cm³/mol. The van der Waals surface area contributed by atoms with Gasteiger partial charge in [0.25, 0.3) is 0 Å². The molecular formula is C12H25ClO5S. The molecule has 0 amide bonds. The molecule has 0 N–H and O–H groups in total. The Bertz CT molecular complexity index is 324. The Morgan fingerprint density at radius 3 is 2.05 bits per heavy atom. The Hall–Kier alpha value is 0.120. The lowest BCUT2D eigenvalue weighted by molar-refractivity contribution is 0.00569. The van der Waals surface area contributed by atoms with Crippen LogP contribution in [0.1, 0.15) is 20.8 Å². The van der Waals surface area contributed by atoms with Crippen LogP contribution in [0.5, 0.6) is 0 Å².